The first-order valence-electron chi connectivity index (χ1n) is 5.42. The third kappa shape index (κ3) is 2.57. The number of rotatable bonds is 2. The first kappa shape index (κ1) is 10.6. The molecule has 0 saturated carbocycles. The highest BCUT2D eigenvalue weighted by Crippen LogP contribution is 2.12. The van der Waals surface area contributed by atoms with E-state index < -0.39 is 0 Å². The number of benzene rings is 2. The molecule has 1 nitrogen and oxygen atoms in total. The van der Waals surface area contributed by atoms with Crippen molar-refractivity contribution in [1.29, 1.82) is 0 Å². The molecule has 0 heterocycles. The zero-order chi connectivity index (χ0) is 11.4. The number of aliphatic imine (C=N–C) groups is 1. The van der Waals surface area contributed by atoms with Gasteiger partial charge in [-0.05, 0) is 37.1 Å². The van der Waals surface area contributed by atoms with Gasteiger partial charge in [-0.15, -0.1) is 0 Å². The van der Waals surface area contributed by atoms with Crippen molar-refractivity contribution in [2.24, 2.45) is 4.99 Å². The maximum Gasteiger partial charge on any atom is 0.0629 e. The second kappa shape index (κ2) is 4.75. The Bertz CT molecular complexity index is 498. The third-order valence-electron chi connectivity index (χ3n) is 2.53. The molecule has 0 saturated heterocycles. The Balaban J connectivity index is 2.24. The molecule has 2 rings (SSSR count). The molecule has 16 heavy (non-hydrogen) atoms. The lowest BCUT2D eigenvalue weighted by atomic mass is 10.1. The van der Waals surface area contributed by atoms with Gasteiger partial charge in [-0.1, -0.05) is 42.0 Å². The highest BCUT2D eigenvalue weighted by Gasteiger charge is 1.94. The van der Waals surface area contributed by atoms with Crippen molar-refractivity contribution >= 4 is 11.9 Å². The van der Waals surface area contributed by atoms with E-state index in [-0.39, 0.29) is 0 Å². The molecule has 0 N–H and O–H groups in total. The molecule has 0 fully saturated rings. The Morgan fingerprint density at radius 2 is 1.69 bits per heavy atom. The number of aryl methyl sites for hydroxylation is 2. The van der Waals surface area contributed by atoms with Crippen LogP contribution < -0.4 is 0 Å². The summed E-state index contributed by atoms with van der Waals surface area (Å²) in [5.41, 5.74) is 4.71. The average molecular weight is 209 g/mol. The summed E-state index contributed by atoms with van der Waals surface area (Å²) in [6.07, 6.45) is 1.92. The Kier molecular flexibility index (Phi) is 3.16. The molecular weight excluding hydrogens is 194 g/mol. The molecule has 0 spiro atoms. The van der Waals surface area contributed by atoms with Crippen molar-refractivity contribution in [3.05, 3.63) is 65.2 Å². The standard InChI is InChI=1S/C15H15N/c1-12-8-9-14(13(2)10-12)11-16-15-6-4-3-5-7-15/h3-11H,1-2H3/b16-11+. The van der Waals surface area contributed by atoms with Gasteiger partial charge in [0.05, 0.1) is 5.69 Å². The monoisotopic (exact) mass is 209 g/mol. The van der Waals surface area contributed by atoms with E-state index in [1.54, 1.807) is 0 Å². The first-order valence-corrected chi connectivity index (χ1v) is 5.42. The van der Waals surface area contributed by atoms with Gasteiger partial charge in [0.2, 0.25) is 0 Å². The summed E-state index contributed by atoms with van der Waals surface area (Å²) in [4.78, 5) is 4.44. The van der Waals surface area contributed by atoms with Gasteiger partial charge in [0.1, 0.15) is 0 Å². The number of nitrogens with zero attached hydrogens (tertiary/aromatic N) is 1. The number of hydrogen-bond donors (Lipinski definition) is 0. The van der Waals surface area contributed by atoms with Crippen LogP contribution in [0.25, 0.3) is 0 Å². The highest BCUT2D eigenvalue weighted by atomic mass is 14.7. The van der Waals surface area contributed by atoms with Crippen LogP contribution in [-0.4, -0.2) is 6.21 Å². The van der Waals surface area contributed by atoms with Crippen LogP contribution in [0.2, 0.25) is 0 Å². The maximum absolute atomic E-state index is 4.44. The van der Waals surface area contributed by atoms with Crippen LogP contribution in [0.1, 0.15) is 16.7 Å². The van der Waals surface area contributed by atoms with E-state index in [9.17, 15) is 0 Å². The molecule has 1 heteroatoms. The van der Waals surface area contributed by atoms with Crippen LogP contribution in [0.15, 0.2) is 53.5 Å². The summed E-state index contributed by atoms with van der Waals surface area (Å²) in [6, 6.07) is 16.4. The third-order valence-corrected chi connectivity index (χ3v) is 2.53. The minimum absolute atomic E-state index is 0.988. The van der Waals surface area contributed by atoms with Gasteiger partial charge in [-0.2, -0.15) is 0 Å². The molecule has 0 unspecified atom stereocenters. The van der Waals surface area contributed by atoms with Crippen molar-refractivity contribution in [3.8, 4) is 0 Å². The van der Waals surface area contributed by atoms with Crippen LogP contribution in [0.4, 0.5) is 5.69 Å². The van der Waals surface area contributed by atoms with Crippen LogP contribution in [-0.2, 0) is 0 Å². The van der Waals surface area contributed by atoms with E-state index in [2.05, 4.69) is 37.0 Å². The lowest BCUT2D eigenvalue weighted by Gasteiger charge is -2.00. The summed E-state index contributed by atoms with van der Waals surface area (Å²) in [5.74, 6) is 0. The van der Waals surface area contributed by atoms with Crippen molar-refractivity contribution in [3.63, 3.8) is 0 Å². The normalized spacial score (nSPS) is 10.9. The molecule has 0 atom stereocenters. The van der Waals surface area contributed by atoms with E-state index in [1.807, 2.05) is 36.5 Å². The predicted octanol–water partition coefficient (Wildman–Crippen LogP) is 4.05. The highest BCUT2D eigenvalue weighted by molar-refractivity contribution is 5.83. The summed E-state index contributed by atoms with van der Waals surface area (Å²) >= 11 is 0. The molecule has 0 amide bonds. The lowest BCUT2D eigenvalue weighted by Crippen LogP contribution is -1.87. The second-order valence-corrected chi connectivity index (χ2v) is 3.95. The van der Waals surface area contributed by atoms with Gasteiger partial charge in [-0.25, -0.2) is 0 Å². The smallest absolute Gasteiger partial charge is 0.0629 e. The minimum Gasteiger partial charge on any atom is -0.256 e. The summed E-state index contributed by atoms with van der Waals surface area (Å²) in [5, 5.41) is 0. The van der Waals surface area contributed by atoms with E-state index in [0.717, 1.165) is 5.69 Å². The van der Waals surface area contributed by atoms with Gasteiger partial charge < -0.3 is 0 Å². The molecule has 0 aliphatic rings. The molecular formula is C15H15N. The number of hydrogen-bond acceptors (Lipinski definition) is 1. The van der Waals surface area contributed by atoms with Crippen LogP contribution >= 0.6 is 0 Å². The minimum atomic E-state index is 0.988. The zero-order valence-corrected chi connectivity index (χ0v) is 9.64. The van der Waals surface area contributed by atoms with Crippen molar-refractivity contribution in [2.75, 3.05) is 0 Å². The molecule has 80 valence electrons. The van der Waals surface area contributed by atoms with E-state index >= 15 is 0 Å². The van der Waals surface area contributed by atoms with Gasteiger partial charge in [0, 0.05) is 6.21 Å². The maximum atomic E-state index is 4.44. The van der Waals surface area contributed by atoms with Gasteiger partial charge in [-0.3, -0.25) is 4.99 Å². The molecule has 0 aliphatic heterocycles. The Morgan fingerprint density at radius 3 is 2.38 bits per heavy atom. The number of para-hydroxylation sites is 1. The quantitative estimate of drug-likeness (QED) is 0.661. The molecule has 0 aliphatic carbocycles. The van der Waals surface area contributed by atoms with E-state index in [0.29, 0.717) is 0 Å². The van der Waals surface area contributed by atoms with Crippen molar-refractivity contribution < 1.29 is 0 Å². The zero-order valence-electron chi connectivity index (χ0n) is 9.64. The van der Waals surface area contributed by atoms with Crippen molar-refractivity contribution in [1.82, 2.24) is 0 Å². The Hall–Kier alpha value is -1.89. The van der Waals surface area contributed by atoms with Gasteiger partial charge >= 0.3 is 0 Å². The summed E-state index contributed by atoms with van der Waals surface area (Å²) < 4.78 is 0. The van der Waals surface area contributed by atoms with E-state index in [4.69, 9.17) is 0 Å². The summed E-state index contributed by atoms with van der Waals surface area (Å²) in [6.45, 7) is 4.21. The summed E-state index contributed by atoms with van der Waals surface area (Å²) in [7, 11) is 0. The molecule has 2 aromatic rings. The van der Waals surface area contributed by atoms with Crippen molar-refractivity contribution in [2.45, 2.75) is 13.8 Å². The Morgan fingerprint density at radius 1 is 0.938 bits per heavy atom. The first-order chi connectivity index (χ1) is 7.75. The fraction of sp³-hybridized carbons (Fsp3) is 0.133. The Labute approximate surface area is 96.5 Å². The fourth-order valence-corrected chi connectivity index (χ4v) is 1.63. The van der Waals surface area contributed by atoms with Crippen LogP contribution in [0, 0.1) is 13.8 Å². The lowest BCUT2D eigenvalue weighted by molar-refractivity contribution is 1.37. The van der Waals surface area contributed by atoms with Gasteiger partial charge in [0.25, 0.3) is 0 Å². The largest absolute Gasteiger partial charge is 0.256 e. The van der Waals surface area contributed by atoms with Crippen LogP contribution in [0.3, 0.4) is 0 Å². The van der Waals surface area contributed by atoms with Gasteiger partial charge in [0.15, 0.2) is 0 Å². The van der Waals surface area contributed by atoms with E-state index in [1.165, 1.54) is 16.7 Å². The average Bonchev–Trinajstić information content (AvgIpc) is 2.29. The SMILES string of the molecule is Cc1ccc(/C=N/c2ccccc2)c(C)c1. The van der Waals surface area contributed by atoms with Crippen LogP contribution in [0.5, 0.6) is 0 Å². The second-order valence-electron chi connectivity index (χ2n) is 3.95. The predicted molar refractivity (Wildman–Crippen MR) is 69.6 cm³/mol. The molecule has 0 bridgehead atoms. The molecule has 0 aromatic heterocycles. The fourth-order valence-electron chi connectivity index (χ4n) is 1.63. The topological polar surface area (TPSA) is 12.4 Å². The molecule has 0 radical (unpaired) electrons. The molecule has 2 aromatic carbocycles.